The van der Waals surface area contributed by atoms with Crippen LogP contribution in [0.3, 0.4) is 0 Å². The van der Waals surface area contributed by atoms with Crippen LogP contribution in [0.4, 0.5) is 0 Å². The largest absolute Gasteiger partial charge is 0.504 e. The van der Waals surface area contributed by atoms with Crippen LogP contribution in [0.2, 0.25) is 0 Å². The molecule has 28 heavy (non-hydrogen) atoms. The van der Waals surface area contributed by atoms with E-state index in [1.807, 2.05) is 6.07 Å². The van der Waals surface area contributed by atoms with E-state index in [2.05, 4.69) is 0 Å². The molecule has 2 unspecified atom stereocenters. The van der Waals surface area contributed by atoms with Crippen molar-refractivity contribution in [2.45, 2.75) is 12.0 Å². The zero-order chi connectivity index (χ0) is 20.0. The molecule has 0 bridgehead atoms. The fraction of sp³-hybridized carbons (Fsp3) is 0.400. The molecule has 2 atom stereocenters. The molecule has 8 heteroatoms. The minimum atomic E-state index is -0.368. The number of rotatable bonds is 5. The maximum atomic E-state index is 10.3. The fourth-order valence-electron chi connectivity index (χ4n) is 3.92. The molecule has 4 rings (SSSR count). The molecule has 2 aromatic rings. The van der Waals surface area contributed by atoms with Crippen LogP contribution >= 0.6 is 0 Å². The van der Waals surface area contributed by atoms with Crippen LogP contribution in [0.25, 0.3) is 0 Å². The van der Waals surface area contributed by atoms with E-state index in [4.69, 9.17) is 33.2 Å². The molecular formula is C20H22O8. The Bertz CT molecular complexity index is 923. The number of hydrogen-bond acceptors (Lipinski definition) is 8. The summed E-state index contributed by atoms with van der Waals surface area (Å²) >= 11 is 0. The first-order chi connectivity index (χ1) is 13.6. The lowest BCUT2D eigenvalue weighted by molar-refractivity contribution is 0.131. The van der Waals surface area contributed by atoms with E-state index in [0.29, 0.717) is 41.1 Å². The van der Waals surface area contributed by atoms with Crippen molar-refractivity contribution in [1.29, 1.82) is 0 Å². The Morgan fingerprint density at radius 3 is 2.04 bits per heavy atom. The van der Waals surface area contributed by atoms with Gasteiger partial charge in [0.25, 0.3) is 0 Å². The van der Waals surface area contributed by atoms with E-state index in [1.165, 1.54) is 14.2 Å². The van der Waals surface area contributed by atoms with Crippen LogP contribution in [-0.4, -0.2) is 47.3 Å². The summed E-state index contributed by atoms with van der Waals surface area (Å²) in [4.78, 5) is 0. The minimum Gasteiger partial charge on any atom is -0.504 e. The molecular weight excluding hydrogens is 368 g/mol. The van der Waals surface area contributed by atoms with Gasteiger partial charge in [-0.1, -0.05) is 0 Å². The number of phenols is 1. The molecule has 0 amide bonds. The molecule has 0 radical (unpaired) electrons. The second-order valence-corrected chi connectivity index (χ2v) is 6.40. The molecule has 150 valence electrons. The molecule has 0 spiro atoms. The fourth-order valence-corrected chi connectivity index (χ4v) is 3.92. The zero-order valence-electron chi connectivity index (χ0n) is 16.3. The SMILES string of the molecule is COc1cc2c(c(OC)c1OC)OCC1c3cc(O)c(OC)c(OC)c3OC21. The Morgan fingerprint density at radius 2 is 1.43 bits per heavy atom. The van der Waals surface area contributed by atoms with Gasteiger partial charge in [0.2, 0.25) is 23.0 Å². The Hall–Kier alpha value is -3.16. The van der Waals surface area contributed by atoms with Crippen LogP contribution in [0, 0.1) is 0 Å². The maximum Gasteiger partial charge on any atom is 0.207 e. The lowest BCUT2D eigenvalue weighted by Gasteiger charge is -2.30. The Balaban J connectivity index is 1.88. The number of ether oxygens (including phenoxy) is 7. The smallest absolute Gasteiger partial charge is 0.207 e. The van der Waals surface area contributed by atoms with Gasteiger partial charge in [-0.05, 0) is 12.1 Å². The van der Waals surface area contributed by atoms with Crippen LogP contribution in [-0.2, 0) is 0 Å². The van der Waals surface area contributed by atoms with Gasteiger partial charge in [-0.25, -0.2) is 0 Å². The normalized spacial score (nSPS) is 18.8. The van der Waals surface area contributed by atoms with Crippen molar-refractivity contribution in [3.63, 3.8) is 0 Å². The van der Waals surface area contributed by atoms with E-state index in [1.54, 1.807) is 27.4 Å². The van der Waals surface area contributed by atoms with Crippen LogP contribution < -0.4 is 33.2 Å². The first-order valence-electron chi connectivity index (χ1n) is 8.69. The summed E-state index contributed by atoms with van der Waals surface area (Å²) in [6.45, 7) is 0.339. The van der Waals surface area contributed by atoms with Crippen LogP contribution in [0.5, 0.6) is 46.0 Å². The third kappa shape index (κ3) is 2.37. The lowest BCUT2D eigenvalue weighted by atomic mass is 9.88. The van der Waals surface area contributed by atoms with Crippen molar-refractivity contribution in [2.75, 3.05) is 42.2 Å². The molecule has 0 aliphatic carbocycles. The van der Waals surface area contributed by atoms with Gasteiger partial charge in [0, 0.05) is 11.1 Å². The topological polar surface area (TPSA) is 84.8 Å². The highest BCUT2D eigenvalue weighted by molar-refractivity contribution is 5.69. The van der Waals surface area contributed by atoms with Gasteiger partial charge in [0.1, 0.15) is 6.10 Å². The molecule has 8 nitrogen and oxygen atoms in total. The molecule has 0 saturated carbocycles. The van der Waals surface area contributed by atoms with Crippen LogP contribution in [0.15, 0.2) is 12.1 Å². The third-order valence-corrected chi connectivity index (χ3v) is 5.14. The van der Waals surface area contributed by atoms with Crippen molar-refractivity contribution in [2.24, 2.45) is 0 Å². The lowest BCUT2D eigenvalue weighted by Crippen LogP contribution is -2.23. The summed E-state index contributed by atoms with van der Waals surface area (Å²) in [5.41, 5.74) is 1.56. The minimum absolute atomic E-state index is 0.0157. The van der Waals surface area contributed by atoms with Crippen molar-refractivity contribution in [3.05, 3.63) is 23.3 Å². The van der Waals surface area contributed by atoms with E-state index in [0.717, 1.165) is 11.1 Å². The van der Waals surface area contributed by atoms with Crippen molar-refractivity contribution in [1.82, 2.24) is 0 Å². The molecule has 2 aliphatic heterocycles. The summed E-state index contributed by atoms with van der Waals surface area (Å²) in [6.07, 6.45) is -0.368. The second kappa shape index (κ2) is 6.78. The second-order valence-electron chi connectivity index (χ2n) is 6.40. The van der Waals surface area contributed by atoms with Gasteiger partial charge in [-0.3, -0.25) is 0 Å². The molecule has 1 N–H and O–H groups in total. The van der Waals surface area contributed by atoms with Gasteiger partial charge in [-0.2, -0.15) is 0 Å². The number of methoxy groups -OCH3 is 5. The summed E-state index contributed by atoms with van der Waals surface area (Å²) < 4.78 is 39.5. The first-order valence-corrected chi connectivity index (χ1v) is 8.69. The number of benzene rings is 2. The third-order valence-electron chi connectivity index (χ3n) is 5.14. The summed E-state index contributed by atoms with van der Waals surface area (Å²) in [5, 5.41) is 10.3. The Labute approximate surface area is 162 Å². The van der Waals surface area contributed by atoms with Gasteiger partial charge < -0.3 is 38.3 Å². The Morgan fingerprint density at radius 1 is 0.786 bits per heavy atom. The summed E-state index contributed by atoms with van der Waals surface area (Å²) in [6, 6.07) is 3.46. The first kappa shape index (κ1) is 18.2. The van der Waals surface area contributed by atoms with Gasteiger partial charge >= 0.3 is 0 Å². The molecule has 2 aromatic carbocycles. The number of aromatic hydroxyl groups is 1. The van der Waals surface area contributed by atoms with Gasteiger partial charge in [-0.15, -0.1) is 0 Å². The number of fused-ring (bicyclic) bond motifs is 5. The average Bonchev–Trinajstić information content (AvgIpc) is 3.09. The monoisotopic (exact) mass is 390 g/mol. The van der Waals surface area contributed by atoms with E-state index >= 15 is 0 Å². The molecule has 0 saturated heterocycles. The highest BCUT2D eigenvalue weighted by Gasteiger charge is 2.45. The van der Waals surface area contributed by atoms with Crippen LogP contribution in [0.1, 0.15) is 23.1 Å². The van der Waals surface area contributed by atoms with E-state index in [-0.39, 0.29) is 23.5 Å². The standard InChI is InChI=1S/C20H22O8/c1-22-13-7-10-14-11(8-27-15(10)19(25-4)18(13)24-3)9-6-12(21)17(23-2)20(26-5)16(9)28-14/h6-7,11,14,21H,8H2,1-5H3. The van der Waals surface area contributed by atoms with Gasteiger partial charge in [0.15, 0.2) is 23.0 Å². The van der Waals surface area contributed by atoms with Crippen molar-refractivity contribution < 1.29 is 38.3 Å². The highest BCUT2D eigenvalue weighted by atomic mass is 16.6. The number of phenolic OH excluding ortho intramolecular Hbond substituents is 1. The quantitative estimate of drug-likeness (QED) is 0.834. The predicted octanol–water partition coefficient (Wildman–Crippen LogP) is 3.04. The van der Waals surface area contributed by atoms with Crippen molar-refractivity contribution in [3.8, 4) is 46.0 Å². The summed E-state index contributed by atoms with van der Waals surface area (Å²) in [5.74, 6) is 2.90. The predicted molar refractivity (Wildman–Crippen MR) is 98.9 cm³/mol. The summed E-state index contributed by atoms with van der Waals surface area (Å²) in [7, 11) is 7.61. The molecule has 2 aliphatic rings. The molecule has 2 heterocycles. The Kier molecular flexibility index (Phi) is 4.41. The molecule has 0 fully saturated rings. The molecule has 0 aromatic heterocycles. The zero-order valence-corrected chi connectivity index (χ0v) is 16.3. The maximum absolute atomic E-state index is 10.3. The number of hydrogen-bond donors (Lipinski definition) is 1. The van der Waals surface area contributed by atoms with E-state index in [9.17, 15) is 5.11 Å². The van der Waals surface area contributed by atoms with E-state index < -0.39 is 0 Å². The van der Waals surface area contributed by atoms with Crippen molar-refractivity contribution >= 4 is 0 Å². The average molecular weight is 390 g/mol. The van der Waals surface area contributed by atoms with Gasteiger partial charge in [0.05, 0.1) is 48.1 Å². The highest BCUT2D eigenvalue weighted by Crippen LogP contribution is 2.61.